The van der Waals surface area contributed by atoms with Gasteiger partial charge >= 0.3 is 0 Å². The van der Waals surface area contributed by atoms with Crippen LogP contribution in [0.15, 0.2) is 0 Å². The lowest BCUT2D eigenvalue weighted by molar-refractivity contribution is -0.0762. The van der Waals surface area contributed by atoms with Crippen LogP contribution in [0, 0.1) is 28.1 Å². The first-order valence-corrected chi connectivity index (χ1v) is 5.62. The van der Waals surface area contributed by atoms with Gasteiger partial charge in [-0.05, 0) is 11.3 Å². The SMILES string of the molecule is CC(C)C(C)(C)CNCC1(C#N)COC1. The molecule has 1 fully saturated rings. The first-order chi connectivity index (χ1) is 6.92. The Morgan fingerprint density at radius 3 is 2.40 bits per heavy atom. The third-order valence-corrected chi connectivity index (χ3v) is 3.60. The standard InChI is InChI=1S/C12H22N2O/c1-10(2)11(3,4)6-14-7-12(5-13)8-15-9-12/h10,14H,6-9H2,1-4H3. The monoisotopic (exact) mass is 210 g/mol. The Balaban J connectivity index is 2.30. The van der Waals surface area contributed by atoms with Crippen LogP contribution >= 0.6 is 0 Å². The molecule has 1 heterocycles. The predicted molar refractivity (Wildman–Crippen MR) is 60.4 cm³/mol. The number of nitriles is 1. The molecule has 3 heteroatoms. The summed E-state index contributed by atoms with van der Waals surface area (Å²) in [5.74, 6) is 0.640. The molecule has 3 nitrogen and oxygen atoms in total. The molecule has 0 spiro atoms. The smallest absolute Gasteiger partial charge is 0.116 e. The maximum Gasteiger partial charge on any atom is 0.116 e. The highest BCUT2D eigenvalue weighted by atomic mass is 16.5. The van der Waals surface area contributed by atoms with Gasteiger partial charge < -0.3 is 10.1 Å². The second-order valence-electron chi connectivity index (χ2n) is 5.63. The van der Waals surface area contributed by atoms with Gasteiger partial charge in [-0.3, -0.25) is 0 Å². The topological polar surface area (TPSA) is 45.0 Å². The zero-order valence-corrected chi connectivity index (χ0v) is 10.3. The lowest BCUT2D eigenvalue weighted by Gasteiger charge is -2.37. The summed E-state index contributed by atoms with van der Waals surface area (Å²) in [6, 6.07) is 2.34. The fraction of sp³-hybridized carbons (Fsp3) is 0.917. The minimum absolute atomic E-state index is 0.257. The molecule has 0 amide bonds. The first kappa shape index (κ1) is 12.5. The molecule has 1 aliphatic heterocycles. The Kier molecular flexibility index (Phi) is 3.75. The summed E-state index contributed by atoms with van der Waals surface area (Å²) < 4.78 is 5.10. The average Bonchev–Trinajstić information content (AvgIpc) is 2.09. The molecule has 0 saturated carbocycles. The van der Waals surface area contributed by atoms with Crippen molar-refractivity contribution in [3.8, 4) is 6.07 Å². The van der Waals surface area contributed by atoms with E-state index in [-0.39, 0.29) is 10.8 Å². The Hall–Kier alpha value is -0.590. The second kappa shape index (κ2) is 4.51. The van der Waals surface area contributed by atoms with Crippen LogP contribution < -0.4 is 5.32 Å². The summed E-state index contributed by atoms with van der Waals surface area (Å²) >= 11 is 0. The van der Waals surface area contributed by atoms with Crippen molar-refractivity contribution in [1.29, 1.82) is 5.26 Å². The number of nitrogens with one attached hydrogen (secondary N) is 1. The summed E-state index contributed by atoms with van der Waals surface area (Å²) in [6.45, 7) is 11.8. The zero-order chi connectivity index (χ0) is 11.5. The van der Waals surface area contributed by atoms with Crippen LogP contribution in [-0.4, -0.2) is 26.3 Å². The summed E-state index contributed by atoms with van der Waals surface area (Å²) in [6.07, 6.45) is 0. The van der Waals surface area contributed by atoms with E-state index in [1.807, 2.05) is 0 Å². The minimum Gasteiger partial charge on any atom is -0.378 e. The predicted octanol–water partition coefficient (Wildman–Crippen LogP) is 1.80. The Morgan fingerprint density at radius 1 is 1.47 bits per heavy atom. The largest absolute Gasteiger partial charge is 0.378 e. The van der Waals surface area contributed by atoms with Crippen LogP contribution in [0.1, 0.15) is 27.7 Å². The van der Waals surface area contributed by atoms with E-state index in [0.29, 0.717) is 19.1 Å². The zero-order valence-electron chi connectivity index (χ0n) is 10.3. The summed E-state index contributed by atoms with van der Waals surface area (Å²) in [7, 11) is 0. The van der Waals surface area contributed by atoms with Gasteiger partial charge in [-0.1, -0.05) is 27.7 Å². The molecule has 1 N–H and O–H groups in total. The van der Waals surface area contributed by atoms with Crippen LogP contribution in [0.4, 0.5) is 0 Å². The molecule has 0 atom stereocenters. The van der Waals surface area contributed by atoms with Gasteiger partial charge in [0, 0.05) is 13.1 Å². The van der Waals surface area contributed by atoms with Gasteiger partial charge in [0.2, 0.25) is 0 Å². The molecule has 0 aromatic heterocycles. The van der Waals surface area contributed by atoms with Crippen molar-refractivity contribution in [3.05, 3.63) is 0 Å². The molecule has 0 unspecified atom stereocenters. The number of hydrogen-bond donors (Lipinski definition) is 1. The van der Waals surface area contributed by atoms with Gasteiger partial charge in [0.05, 0.1) is 19.3 Å². The Morgan fingerprint density at radius 2 is 2.07 bits per heavy atom. The van der Waals surface area contributed by atoms with Crippen molar-refractivity contribution in [2.24, 2.45) is 16.7 Å². The number of rotatable bonds is 5. The van der Waals surface area contributed by atoms with Gasteiger partial charge in [-0.25, -0.2) is 0 Å². The number of hydrogen-bond acceptors (Lipinski definition) is 3. The minimum atomic E-state index is -0.257. The van der Waals surface area contributed by atoms with E-state index in [1.54, 1.807) is 0 Å². The molecule has 86 valence electrons. The normalized spacial score (nSPS) is 19.7. The number of ether oxygens (including phenoxy) is 1. The van der Waals surface area contributed by atoms with Gasteiger partial charge in [-0.15, -0.1) is 0 Å². The summed E-state index contributed by atoms with van der Waals surface area (Å²) in [5, 5.41) is 12.4. The average molecular weight is 210 g/mol. The van der Waals surface area contributed by atoms with Gasteiger partial charge in [-0.2, -0.15) is 5.26 Å². The van der Waals surface area contributed by atoms with Gasteiger partial charge in [0.25, 0.3) is 0 Å². The Labute approximate surface area is 92.8 Å². The maximum absolute atomic E-state index is 9.01. The van der Waals surface area contributed by atoms with Gasteiger partial charge in [0.1, 0.15) is 5.41 Å². The van der Waals surface area contributed by atoms with E-state index in [2.05, 4.69) is 39.1 Å². The van der Waals surface area contributed by atoms with Gasteiger partial charge in [0.15, 0.2) is 0 Å². The Bertz CT molecular complexity index is 249. The van der Waals surface area contributed by atoms with E-state index in [9.17, 15) is 0 Å². The molecule has 0 radical (unpaired) electrons. The van der Waals surface area contributed by atoms with Crippen molar-refractivity contribution in [2.45, 2.75) is 27.7 Å². The fourth-order valence-electron chi connectivity index (χ4n) is 1.38. The van der Waals surface area contributed by atoms with Crippen molar-refractivity contribution in [1.82, 2.24) is 5.32 Å². The molecule has 1 saturated heterocycles. The quantitative estimate of drug-likeness (QED) is 0.752. The van der Waals surface area contributed by atoms with E-state index in [0.717, 1.165) is 13.1 Å². The highest BCUT2D eigenvalue weighted by Crippen LogP contribution is 2.27. The highest BCUT2D eigenvalue weighted by Gasteiger charge is 2.39. The molecule has 0 aromatic rings. The van der Waals surface area contributed by atoms with Crippen LogP contribution in [0.2, 0.25) is 0 Å². The molecular formula is C12H22N2O. The molecule has 0 bridgehead atoms. The lowest BCUT2D eigenvalue weighted by Crippen LogP contribution is -2.50. The summed E-state index contributed by atoms with van der Waals surface area (Å²) in [4.78, 5) is 0. The molecular weight excluding hydrogens is 188 g/mol. The molecule has 1 aliphatic rings. The van der Waals surface area contributed by atoms with Crippen molar-refractivity contribution >= 4 is 0 Å². The van der Waals surface area contributed by atoms with Crippen LogP contribution in [0.3, 0.4) is 0 Å². The lowest BCUT2D eigenvalue weighted by atomic mass is 9.80. The van der Waals surface area contributed by atoms with Crippen LogP contribution in [-0.2, 0) is 4.74 Å². The van der Waals surface area contributed by atoms with E-state index >= 15 is 0 Å². The molecule has 15 heavy (non-hydrogen) atoms. The molecule has 0 aromatic carbocycles. The maximum atomic E-state index is 9.01. The summed E-state index contributed by atoms with van der Waals surface area (Å²) in [5.41, 5.74) is 0.0221. The van der Waals surface area contributed by atoms with E-state index in [4.69, 9.17) is 10.00 Å². The van der Waals surface area contributed by atoms with Crippen molar-refractivity contribution < 1.29 is 4.74 Å². The van der Waals surface area contributed by atoms with E-state index < -0.39 is 0 Å². The van der Waals surface area contributed by atoms with Crippen molar-refractivity contribution in [3.63, 3.8) is 0 Å². The fourth-order valence-corrected chi connectivity index (χ4v) is 1.38. The third-order valence-electron chi connectivity index (χ3n) is 3.60. The molecule has 0 aliphatic carbocycles. The third kappa shape index (κ3) is 2.93. The first-order valence-electron chi connectivity index (χ1n) is 5.62. The molecule has 1 rings (SSSR count). The van der Waals surface area contributed by atoms with Crippen LogP contribution in [0.5, 0.6) is 0 Å². The van der Waals surface area contributed by atoms with Crippen LogP contribution in [0.25, 0.3) is 0 Å². The van der Waals surface area contributed by atoms with Crippen molar-refractivity contribution in [2.75, 3.05) is 26.3 Å². The van der Waals surface area contributed by atoms with E-state index in [1.165, 1.54) is 0 Å². The highest BCUT2D eigenvalue weighted by molar-refractivity contribution is 5.05. The number of nitrogens with zero attached hydrogens (tertiary/aromatic N) is 1. The second-order valence-corrected chi connectivity index (χ2v) is 5.63.